The molecule has 3 aromatic rings. The summed E-state index contributed by atoms with van der Waals surface area (Å²) in [6.45, 7) is 0. The maximum atomic E-state index is 10.7. The molecular weight excluding hydrogens is 425 g/mol. The number of hydrogen-bond donors (Lipinski definition) is 1. The van der Waals surface area contributed by atoms with E-state index in [1.807, 2.05) is 12.1 Å². The van der Waals surface area contributed by atoms with Crippen molar-refractivity contribution in [3.05, 3.63) is 84.9 Å². The van der Waals surface area contributed by atoms with E-state index < -0.39 is 15.6 Å². The van der Waals surface area contributed by atoms with E-state index in [9.17, 15) is 13.2 Å². The zero-order valence-corrected chi connectivity index (χ0v) is 16.8. The number of alkyl halides is 3. The summed E-state index contributed by atoms with van der Waals surface area (Å²) in [5.41, 5.74) is -5.53. The molecule has 29 heavy (non-hydrogen) atoms. The minimum absolute atomic E-state index is 0.0804. The fourth-order valence-electron chi connectivity index (χ4n) is 2.23. The Bertz CT molecular complexity index is 952. The Morgan fingerprint density at radius 1 is 0.759 bits per heavy atom. The summed E-state index contributed by atoms with van der Waals surface area (Å²) in [5.74, 6) is 0.892. The highest BCUT2D eigenvalue weighted by Gasteiger charge is 2.44. The van der Waals surface area contributed by atoms with Gasteiger partial charge in [-0.1, -0.05) is 36.4 Å². The highest BCUT2D eigenvalue weighted by Crippen LogP contribution is 2.31. The van der Waals surface area contributed by atoms with Gasteiger partial charge in [-0.15, -0.1) is 0 Å². The van der Waals surface area contributed by atoms with E-state index >= 15 is 0 Å². The Balaban J connectivity index is 0.000000321. The molecule has 4 nitrogen and oxygen atoms in total. The van der Waals surface area contributed by atoms with Gasteiger partial charge < -0.3 is 4.74 Å². The van der Waals surface area contributed by atoms with Gasteiger partial charge in [0.2, 0.25) is 0 Å². The molecule has 3 rings (SSSR count). The molecule has 0 aliphatic carbocycles. The first-order valence-electron chi connectivity index (χ1n) is 8.15. The molecular formula is C20H18F3O4S2+. The van der Waals surface area contributed by atoms with Crippen molar-refractivity contribution < 1.29 is 30.9 Å². The van der Waals surface area contributed by atoms with Gasteiger partial charge in [-0.25, -0.2) is 0 Å². The Morgan fingerprint density at radius 3 is 1.41 bits per heavy atom. The second kappa shape index (κ2) is 9.82. The lowest BCUT2D eigenvalue weighted by atomic mass is 10.3. The fraction of sp³-hybridized carbons (Fsp3) is 0.100. The predicted molar refractivity (Wildman–Crippen MR) is 106 cm³/mol. The third-order valence-corrected chi connectivity index (χ3v) is 6.36. The van der Waals surface area contributed by atoms with Crippen molar-refractivity contribution in [1.82, 2.24) is 0 Å². The van der Waals surface area contributed by atoms with Crippen molar-refractivity contribution in [3.8, 4) is 5.75 Å². The second-order valence-corrected chi connectivity index (χ2v) is 8.97. The molecule has 3 aromatic carbocycles. The molecule has 0 amide bonds. The second-order valence-electron chi connectivity index (χ2n) is 5.53. The molecule has 0 atom stereocenters. The lowest BCUT2D eigenvalue weighted by Crippen LogP contribution is -2.21. The zero-order valence-electron chi connectivity index (χ0n) is 15.2. The number of benzene rings is 3. The van der Waals surface area contributed by atoms with Crippen LogP contribution in [0.4, 0.5) is 13.2 Å². The Morgan fingerprint density at radius 2 is 1.10 bits per heavy atom. The maximum Gasteiger partial charge on any atom is 0.522 e. The molecule has 0 unspecified atom stereocenters. The summed E-state index contributed by atoms with van der Waals surface area (Å²) in [7, 11) is -4.22. The van der Waals surface area contributed by atoms with Gasteiger partial charge in [-0.2, -0.15) is 21.6 Å². The van der Waals surface area contributed by atoms with Crippen LogP contribution in [0.2, 0.25) is 0 Å². The van der Waals surface area contributed by atoms with E-state index in [1.54, 1.807) is 7.11 Å². The Labute approximate surface area is 170 Å². The SMILES string of the molecule is COc1ccc([S+](c2ccccc2)c2ccccc2)cc1.O=S(=O)(O)C(F)(F)F. The van der Waals surface area contributed by atoms with E-state index in [0.717, 1.165) is 5.75 Å². The minimum atomic E-state index is -5.84. The third-order valence-electron chi connectivity index (χ3n) is 3.55. The summed E-state index contributed by atoms with van der Waals surface area (Å²) in [5, 5.41) is 0. The number of hydrogen-bond acceptors (Lipinski definition) is 3. The van der Waals surface area contributed by atoms with Crippen molar-refractivity contribution in [2.45, 2.75) is 20.2 Å². The van der Waals surface area contributed by atoms with Gasteiger partial charge in [-0.3, -0.25) is 4.55 Å². The zero-order chi connectivity index (χ0) is 21.5. The lowest BCUT2D eigenvalue weighted by Gasteiger charge is -2.08. The monoisotopic (exact) mass is 443 g/mol. The van der Waals surface area contributed by atoms with Gasteiger partial charge >= 0.3 is 15.6 Å². The first-order chi connectivity index (χ1) is 13.6. The van der Waals surface area contributed by atoms with Gasteiger partial charge in [0.1, 0.15) is 5.75 Å². The van der Waals surface area contributed by atoms with Crippen LogP contribution in [0.15, 0.2) is 99.6 Å². The van der Waals surface area contributed by atoms with E-state index in [2.05, 4.69) is 72.8 Å². The van der Waals surface area contributed by atoms with Crippen molar-refractivity contribution >= 4 is 21.0 Å². The Hall–Kier alpha value is -2.49. The average molecular weight is 443 g/mol. The highest BCUT2D eigenvalue weighted by molar-refractivity contribution is 7.97. The van der Waals surface area contributed by atoms with Crippen molar-refractivity contribution in [2.24, 2.45) is 0 Å². The first-order valence-corrected chi connectivity index (χ1v) is 10.8. The van der Waals surface area contributed by atoms with Crippen molar-refractivity contribution in [2.75, 3.05) is 7.11 Å². The molecule has 0 fully saturated rings. The molecule has 0 aliphatic rings. The summed E-state index contributed by atoms with van der Waals surface area (Å²) in [6.07, 6.45) is 0. The van der Waals surface area contributed by atoms with E-state index in [1.165, 1.54) is 14.7 Å². The predicted octanol–water partition coefficient (Wildman–Crippen LogP) is 5.18. The molecule has 0 heterocycles. The van der Waals surface area contributed by atoms with Crippen LogP contribution in [-0.2, 0) is 21.0 Å². The molecule has 0 aliphatic heterocycles. The topological polar surface area (TPSA) is 63.6 Å². The van der Waals surface area contributed by atoms with Crippen LogP contribution < -0.4 is 4.74 Å². The summed E-state index contributed by atoms with van der Waals surface area (Å²) < 4.78 is 62.8. The molecule has 0 bridgehead atoms. The standard InChI is InChI=1S/C19H17OS.CHF3O3S/c1-20-16-12-14-19(15-13-16)21(17-8-4-2-5-9-17)18-10-6-3-7-11-18;2-1(3,4)8(5,6)7/h2-15H,1H3;(H,5,6,7)/q+1;. The van der Waals surface area contributed by atoms with Crippen LogP contribution in [0.3, 0.4) is 0 Å². The largest absolute Gasteiger partial charge is 0.522 e. The van der Waals surface area contributed by atoms with Crippen LogP contribution in [0.5, 0.6) is 5.75 Å². The number of rotatable bonds is 4. The smallest absolute Gasteiger partial charge is 0.497 e. The minimum Gasteiger partial charge on any atom is -0.497 e. The lowest BCUT2D eigenvalue weighted by molar-refractivity contribution is -0.0510. The van der Waals surface area contributed by atoms with Crippen molar-refractivity contribution in [3.63, 3.8) is 0 Å². The van der Waals surface area contributed by atoms with Crippen LogP contribution in [0, 0.1) is 0 Å². The molecule has 0 saturated carbocycles. The molecule has 154 valence electrons. The molecule has 0 aromatic heterocycles. The van der Waals surface area contributed by atoms with Crippen LogP contribution in [0.1, 0.15) is 0 Å². The van der Waals surface area contributed by atoms with Crippen molar-refractivity contribution in [1.29, 1.82) is 0 Å². The van der Waals surface area contributed by atoms with Gasteiger partial charge in [0.25, 0.3) is 0 Å². The first kappa shape index (κ1) is 22.8. The fourth-order valence-corrected chi connectivity index (χ4v) is 4.32. The number of ether oxygens (including phenoxy) is 1. The summed E-state index contributed by atoms with van der Waals surface area (Å²) in [4.78, 5) is 3.95. The Kier molecular flexibility index (Phi) is 7.72. The number of halogens is 3. The van der Waals surface area contributed by atoms with Crippen LogP contribution in [0.25, 0.3) is 0 Å². The van der Waals surface area contributed by atoms with Gasteiger partial charge in [0.05, 0.1) is 18.0 Å². The number of methoxy groups -OCH3 is 1. The molecule has 0 saturated heterocycles. The normalized spacial score (nSPS) is 11.5. The molecule has 9 heteroatoms. The molecule has 0 radical (unpaired) electrons. The quantitative estimate of drug-likeness (QED) is 0.343. The van der Waals surface area contributed by atoms with E-state index in [0.29, 0.717) is 0 Å². The van der Waals surface area contributed by atoms with Crippen LogP contribution in [-0.4, -0.2) is 25.6 Å². The summed E-state index contributed by atoms with van der Waals surface area (Å²) >= 11 is 0. The highest BCUT2D eigenvalue weighted by atomic mass is 32.2. The maximum absolute atomic E-state index is 10.7. The van der Waals surface area contributed by atoms with Gasteiger partial charge in [-0.05, 0) is 48.5 Å². The third kappa shape index (κ3) is 6.52. The van der Waals surface area contributed by atoms with Crippen LogP contribution >= 0.6 is 0 Å². The van der Waals surface area contributed by atoms with Gasteiger partial charge in [0, 0.05) is 0 Å². The molecule has 0 spiro atoms. The van der Waals surface area contributed by atoms with E-state index in [-0.39, 0.29) is 10.9 Å². The molecule has 1 N–H and O–H groups in total. The van der Waals surface area contributed by atoms with Gasteiger partial charge in [0.15, 0.2) is 14.7 Å². The average Bonchev–Trinajstić information content (AvgIpc) is 2.69. The summed E-state index contributed by atoms with van der Waals surface area (Å²) in [6, 6.07) is 29.7. The van der Waals surface area contributed by atoms with E-state index in [4.69, 9.17) is 17.7 Å².